The molecule has 110 valence electrons. The van der Waals surface area contributed by atoms with Crippen LogP contribution in [-0.4, -0.2) is 34.0 Å². The molecule has 5 heteroatoms. The van der Waals surface area contributed by atoms with Crippen LogP contribution in [0.4, 0.5) is 4.79 Å². The van der Waals surface area contributed by atoms with Crippen molar-refractivity contribution in [2.24, 2.45) is 0 Å². The van der Waals surface area contributed by atoms with E-state index < -0.39 is 0 Å². The molecule has 1 aliphatic heterocycles. The van der Waals surface area contributed by atoms with E-state index in [1.807, 2.05) is 35.2 Å². The van der Waals surface area contributed by atoms with Gasteiger partial charge in [-0.25, -0.2) is 9.78 Å². The van der Waals surface area contributed by atoms with Crippen LogP contribution in [0, 0.1) is 0 Å². The molecule has 1 aromatic carbocycles. The fourth-order valence-corrected chi connectivity index (χ4v) is 2.54. The number of fused-ring (bicyclic) bond motifs is 1. The van der Waals surface area contributed by atoms with E-state index in [0.29, 0.717) is 6.54 Å². The standard InChI is InChI=1S/C16H20N4O/c1-2-9-17-16(21)20-10-8-13-14(11-20)19-15(18-13)12-6-4-3-5-7-12/h3-7H,2,8-11H2,1H3,(H,17,21)(H,18,19). The Balaban J connectivity index is 1.75. The Labute approximate surface area is 124 Å². The molecule has 21 heavy (non-hydrogen) atoms. The number of carbonyl (C=O) groups excluding carboxylic acids is 1. The van der Waals surface area contributed by atoms with Gasteiger partial charge < -0.3 is 15.2 Å². The van der Waals surface area contributed by atoms with Gasteiger partial charge in [0, 0.05) is 25.1 Å². The zero-order valence-corrected chi connectivity index (χ0v) is 12.2. The highest BCUT2D eigenvalue weighted by atomic mass is 16.2. The number of imidazole rings is 1. The van der Waals surface area contributed by atoms with Crippen LogP contribution in [0.15, 0.2) is 30.3 Å². The summed E-state index contributed by atoms with van der Waals surface area (Å²) in [6.45, 7) is 4.10. The number of H-pyrrole nitrogens is 1. The molecule has 2 N–H and O–H groups in total. The molecule has 3 rings (SSSR count). The van der Waals surface area contributed by atoms with Gasteiger partial charge in [-0.2, -0.15) is 0 Å². The molecule has 0 atom stereocenters. The van der Waals surface area contributed by atoms with Crippen LogP contribution < -0.4 is 5.32 Å². The molecule has 5 nitrogen and oxygen atoms in total. The van der Waals surface area contributed by atoms with Gasteiger partial charge in [0.25, 0.3) is 0 Å². The summed E-state index contributed by atoms with van der Waals surface area (Å²) in [6, 6.07) is 10.1. The topological polar surface area (TPSA) is 61.0 Å². The zero-order valence-electron chi connectivity index (χ0n) is 12.2. The number of nitrogens with zero attached hydrogens (tertiary/aromatic N) is 2. The maximum Gasteiger partial charge on any atom is 0.317 e. The number of carbonyl (C=O) groups is 1. The van der Waals surface area contributed by atoms with Crippen molar-refractivity contribution in [3.63, 3.8) is 0 Å². The third kappa shape index (κ3) is 2.91. The minimum Gasteiger partial charge on any atom is -0.340 e. The lowest BCUT2D eigenvalue weighted by atomic mass is 10.1. The van der Waals surface area contributed by atoms with E-state index in [0.717, 1.165) is 48.7 Å². The lowest BCUT2D eigenvalue weighted by Crippen LogP contribution is -2.43. The molecule has 1 aromatic heterocycles. The average molecular weight is 284 g/mol. The Bertz CT molecular complexity index is 620. The molecular weight excluding hydrogens is 264 g/mol. The van der Waals surface area contributed by atoms with Gasteiger partial charge in [0.05, 0.1) is 17.9 Å². The fraction of sp³-hybridized carbons (Fsp3) is 0.375. The van der Waals surface area contributed by atoms with Gasteiger partial charge in [0.1, 0.15) is 5.82 Å². The van der Waals surface area contributed by atoms with Gasteiger partial charge in [-0.3, -0.25) is 0 Å². The van der Waals surface area contributed by atoms with Crippen LogP contribution in [0.25, 0.3) is 11.4 Å². The Hall–Kier alpha value is -2.30. The van der Waals surface area contributed by atoms with Crippen molar-refractivity contribution in [3.8, 4) is 11.4 Å². The first-order valence-corrected chi connectivity index (χ1v) is 7.44. The number of urea groups is 1. The molecule has 0 saturated heterocycles. The highest BCUT2D eigenvalue weighted by Crippen LogP contribution is 2.22. The molecule has 0 radical (unpaired) electrons. The van der Waals surface area contributed by atoms with Gasteiger partial charge in [-0.05, 0) is 6.42 Å². The van der Waals surface area contributed by atoms with Crippen molar-refractivity contribution in [2.75, 3.05) is 13.1 Å². The number of aromatic nitrogens is 2. The van der Waals surface area contributed by atoms with Crippen molar-refractivity contribution in [2.45, 2.75) is 26.3 Å². The van der Waals surface area contributed by atoms with E-state index in [2.05, 4.69) is 22.2 Å². The Morgan fingerprint density at radius 1 is 1.38 bits per heavy atom. The second-order valence-electron chi connectivity index (χ2n) is 5.28. The first kappa shape index (κ1) is 13.7. The molecule has 2 aromatic rings. The predicted molar refractivity (Wildman–Crippen MR) is 81.8 cm³/mol. The summed E-state index contributed by atoms with van der Waals surface area (Å²) in [6.07, 6.45) is 1.76. The van der Waals surface area contributed by atoms with Crippen LogP contribution in [-0.2, 0) is 13.0 Å². The van der Waals surface area contributed by atoms with E-state index in [-0.39, 0.29) is 6.03 Å². The Morgan fingerprint density at radius 3 is 2.95 bits per heavy atom. The summed E-state index contributed by atoms with van der Waals surface area (Å²) in [5.41, 5.74) is 3.20. The largest absolute Gasteiger partial charge is 0.340 e. The van der Waals surface area contributed by atoms with E-state index in [9.17, 15) is 4.79 Å². The quantitative estimate of drug-likeness (QED) is 0.910. The maximum absolute atomic E-state index is 12.0. The number of hydrogen-bond donors (Lipinski definition) is 2. The van der Waals surface area contributed by atoms with Crippen LogP contribution in [0.1, 0.15) is 24.7 Å². The van der Waals surface area contributed by atoms with Crippen molar-refractivity contribution in [1.82, 2.24) is 20.2 Å². The van der Waals surface area contributed by atoms with Crippen LogP contribution in [0.3, 0.4) is 0 Å². The van der Waals surface area contributed by atoms with E-state index in [1.54, 1.807) is 0 Å². The van der Waals surface area contributed by atoms with Crippen molar-refractivity contribution >= 4 is 6.03 Å². The molecule has 2 heterocycles. The molecule has 0 saturated carbocycles. The summed E-state index contributed by atoms with van der Waals surface area (Å²) >= 11 is 0. The highest BCUT2D eigenvalue weighted by molar-refractivity contribution is 5.74. The molecule has 1 aliphatic rings. The SMILES string of the molecule is CCCNC(=O)N1CCc2nc(-c3ccccc3)[nH]c2C1. The minimum absolute atomic E-state index is 0.0124. The summed E-state index contributed by atoms with van der Waals surface area (Å²) in [7, 11) is 0. The monoisotopic (exact) mass is 284 g/mol. The van der Waals surface area contributed by atoms with E-state index in [1.165, 1.54) is 0 Å². The van der Waals surface area contributed by atoms with Gasteiger partial charge >= 0.3 is 6.03 Å². The number of aromatic amines is 1. The summed E-state index contributed by atoms with van der Waals surface area (Å²) in [5, 5.41) is 2.92. The second kappa shape index (κ2) is 5.99. The smallest absolute Gasteiger partial charge is 0.317 e. The van der Waals surface area contributed by atoms with Crippen molar-refractivity contribution in [3.05, 3.63) is 41.7 Å². The van der Waals surface area contributed by atoms with Gasteiger partial charge in [0.2, 0.25) is 0 Å². The van der Waals surface area contributed by atoms with Crippen molar-refractivity contribution in [1.29, 1.82) is 0 Å². The first-order chi connectivity index (χ1) is 10.3. The number of rotatable bonds is 3. The number of hydrogen-bond acceptors (Lipinski definition) is 2. The Kier molecular flexibility index (Phi) is 3.90. The first-order valence-electron chi connectivity index (χ1n) is 7.44. The van der Waals surface area contributed by atoms with Gasteiger partial charge in [-0.15, -0.1) is 0 Å². The van der Waals surface area contributed by atoms with Crippen LogP contribution >= 0.6 is 0 Å². The Morgan fingerprint density at radius 2 is 2.19 bits per heavy atom. The molecule has 0 bridgehead atoms. The third-order valence-corrected chi connectivity index (χ3v) is 3.69. The average Bonchev–Trinajstić information content (AvgIpc) is 2.96. The van der Waals surface area contributed by atoms with Crippen molar-refractivity contribution < 1.29 is 4.79 Å². The zero-order chi connectivity index (χ0) is 14.7. The van der Waals surface area contributed by atoms with Crippen LogP contribution in [0.2, 0.25) is 0 Å². The molecular formula is C16H20N4O. The minimum atomic E-state index is 0.0124. The second-order valence-corrected chi connectivity index (χ2v) is 5.28. The summed E-state index contributed by atoms with van der Waals surface area (Å²) < 4.78 is 0. The fourth-order valence-electron chi connectivity index (χ4n) is 2.54. The number of nitrogens with one attached hydrogen (secondary N) is 2. The number of amides is 2. The number of benzene rings is 1. The molecule has 0 fully saturated rings. The van der Waals surface area contributed by atoms with E-state index in [4.69, 9.17) is 0 Å². The predicted octanol–water partition coefficient (Wildman–Crippen LogP) is 2.55. The summed E-state index contributed by atoms with van der Waals surface area (Å²) in [4.78, 5) is 21.9. The molecule has 0 spiro atoms. The normalized spacial score (nSPS) is 13.9. The van der Waals surface area contributed by atoms with Gasteiger partial charge in [-0.1, -0.05) is 37.3 Å². The lowest BCUT2D eigenvalue weighted by molar-refractivity contribution is 0.191. The third-order valence-electron chi connectivity index (χ3n) is 3.69. The van der Waals surface area contributed by atoms with E-state index >= 15 is 0 Å². The molecule has 0 unspecified atom stereocenters. The van der Waals surface area contributed by atoms with Gasteiger partial charge in [0.15, 0.2) is 0 Å². The lowest BCUT2D eigenvalue weighted by Gasteiger charge is -2.26. The summed E-state index contributed by atoms with van der Waals surface area (Å²) in [5.74, 6) is 0.886. The molecule has 2 amide bonds. The van der Waals surface area contributed by atoms with Crippen LogP contribution in [0.5, 0.6) is 0 Å². The molecule has 0 aliphatic carbocycles. The highest BCUT2D eigenvalue weighted by Gasteiger charge is 2.23. The maximum atomic E-state index is 12.0.